The normalized spacial score (nSPS) is 24.1. The van der Waals surface area contributed by atoms with Gasteiger partial charge in [0, 0.05) is 44.8 Å². The van der Waals surface area contributed by atoms with E-state index in [2.05, 4.69) is 55.0 Å². The van der Waals surface area contributed by atoms with Crippen LogP contribution in [-0.2, 0) is 4.79 Å². The number of rotatable bonds is 9. The second kappa shape index (κ2) is 9.97. The van der Waals surface area contributed by atoms with Gasteiger partial charge >= 0.3 is 0 Å². The lowest BCUT2D eigenvalue weighted by atomic mass is 9.93. The Balaban J connectivity index is 0.878. The molecule has 6 rings (SSSR count). The molecule has 3 unspecified atom stereocenters. The molecule has 1 saturated carbocycles. The minimum absolute atomic E-state index is 0.236. The third kappa shape index (κ3) is 4.79. The molecule has 184 valence electrons. The molecule has 1 aliphatic heterocycles. The van der Waals surface area contributed by atoms with Gasteiger partial charge in [-0.25, -0.2) is 4.98 Å². The first-order valence-corrected chi connectivity index (χ1v) is 13.4. The molecular formula is C28H36N6O. The standard InChI is InChI=1S/C28H36N6O/c35-27(23-20-21-9-10-22(23)19-21)29-12-5-1-2-6-13-32-15-17-33(18-16-32)26-11-14-34-25-8-4-3-7-24(25)30-28(34)31-26/h3-4,7-11,14,21-23H,1-2,5-6,12-13,15-20H2,(H,29,35). The van der Waals surface area contributed by atoms with Crippen LogP contribution in [0.5, 0.6) is 0 Å². The largest absolute Gasteiger partial charge is 0.356 e. The molecule has 3 atom stereocenters. The predicted octanol–water partition coefficient (Wildman–Crippen LogP) is 3.89. The van der Waals surface area contributed by atoms with Gasteiger partial charge in [-0.3, -0.25) is 14.1 Å². The van der Waals surface area contributed by atoms with Crippen LogP contribution in [0, 0.1) is 17.8 Å². The summed E-state index contributed by atoms with van der Waals surface area (Å²) in [7, 11) is 0. The fourth-order valence-corrected chi connectivity index (χ4v) is 6.15. The molecule has 1 amide bonds. The van der Waals surface area contributed by atoms with E-state index in [1.165, 1.54) is 25.7 Å². The summed E-state index contributed by atoms with van der Waals surface area (Å²) < 4.78 is 2.07. The van der Waals surface area contributed by atoms with E-state index in [-0.39, 0.29) is 11.8 Å². The van der Waals surface area contributed by atoms with Crippen molar-refractivity contribution in [2.75, 3.05) is 44.2 Å². The SMILES string of the molecule is O=C(NCCCCCCN1CCN(c2ccn3c(n2)nc2ccccc23)CC1)C1CC2C=CC1C2. The molecule has 7 nitrogen and oxygen atoms in total. The highest BCUT2D eigenvalue weighted by molar-refractivity contribution is 5.80. The Kier molecular flexibility index (Phi) is 6.42. The van der Waals surface area contributed by atoms with Crippen molar-refractivity contribution in [2.24, 2.45) is 17.8 Å². The molecule has 2 bridgehead atoms. The number of unbranched alkanes of at least 4 members (excludes halogenated alkanes) is 3. The Labute approximate surface area is 207 Å². The lowest BCUT2D eigenvalue weighted by Gasteiger charge is -2.35. The van der Waals surface area contributed by atoms with Crippen LogP contribution in [0.15, 0.2) is 48.7 Å². The molecule has 3 aromatic rings. The summed E-state index contributed by atoms with van der Waals surface area (Å²) in [6.45, 7) is 6.17. The maximum absolute atomic E-state index is 12.4. The Bertz CT molecular complexity index is 1210. The van der Waals surface area contributed by atoms with Gasteiger partial charge in [0.2, 0.25) is 11.7 Å². The number of nitrogens with one attached hydrogen (secondary N) is 1. The van der Waals surface area contributed by atoms with Crippen molar-refractivity contribution in [2.45, 2.75) is 38.5 Å². The van der Waals surface area contributed by atoms with Crippen LogP contribution < -0.4 is 10.2 Å². The van der Waals surface area contributed by atoms with Crippen LogP contribution in [0.4, 0.5) is 5.82 Å². The van der Waals surface area contributed by atoms with Crippen molar-refractivity contribution in [3.8, 4) is 0 Å². The van der Waals surface area contributed by atoms with Crippen LogP contribution in [-0.4, -0.2) is 64.4 Å². The van der Waals surface area contributed by atoms with Gasteiger partial charge < -0.3 is 10.2 Å². The number of anilines is 1. The van der Waals surface area contributed by atoms with Crippen molar-refractivity contribution in [1.82, 2.24) is 24.6 Å². The highest BCUT2D eigenvalue weighted by Gasteiger charge is 2.39. The number of benzene rings is 1. The summed E-state index contributed by atoms with van der Waals surface area (Å²) in [5.74, 6) is 3.49. The highest BCUT2D eigenvalue weighted by Crippen LogP contribution is 2.43. The molecule has 0 spiro atoms. The first kappa shape index (κ1) is 22.5. The van der Waals surface area contributed by atoms with Crippen molar-refractivity contribution in [3.63, 3.8) is 0 Å². The van der Waals surface area contributed by atoms with Gasteiger partial charge in [-0.15, -0.1) is 0 Å². The number of nitrogens with zero attached hydrogens (tertiary/aromatic N) is 5. The summed E-state index contributed by atoms with van der Waals surface area (Å²) in [4.78, 5) is 26.9. The van der Waals surface area contributed by atoms with Crippen LogP contribution in [0.3, 0.4) is 0 Å². The molecule has 2 aliphatic carbocycles. The second-order valence-corrected chi connectivity index (χ2v) is 10.5. The van der Waals surface area contributed by atoms with E-state index in [4.69, 9.17) is 4.98 Å². The number of carbonyl (C=O) groups is 1. The van der Waals surface area contributed by atoms with Crippen LogP contribution in [0.2, 0.25) is 0 Å². The summed E-state index contributed by atoms with van der Waals surface area (Å²) in [6, 6.07) is 10.3. The zero-order valence-corrected chi connectivity index (χ0v) is 20.5. The third-order valence-electron chi connectivity index (χ3n) is 8.18. The number of amides is 1. The van der Waals surface area contributed by atoms with E-state index in [0.29, 0.717) is 11.8 Å². The lowest BCUT2D eigenvalue weighted by molar-refractivity contribution is -0.125. The number of allylic oxidation sites excluding steroid dienone is 2. The lowest BCUT2D eigenvalue weighted by Crippen LogP contribution is -2.46. The van der Waals surface area contributed by atoms with Gasteiger partial charge in [0.15, 0.2) is 0 Å². The average Bonchev–Trinajstić information content (AvgIpc) is 3.62. The predicted molar refractivity (Wildman–Crippen MR) is 139 cm³/mol. The first-order chi connectivity index (χ1) is 17.2. The topological polar surface area (TPSA) is 65.8 Å². The first-order valence-electron chi connectivity index (χ1n) is 13.4. The Hall–Kier alpha value is -2.93. The Morgan fingerprint density at radius 1 is 0.943 bits per heavy atom. The quantitative estimate of drug-likeness (QED) is 0.378. The number of piperazine rings is 1. The molecule has 1 N–H and O–H groups in total. The van der Waals surface area contributed by atoms with Crippen LogP contribution in [0.25, 0.3) is 16.8 Å². The van der Waals surface area contributed by atoms with Crippen molar-refractivity contribution < 1.29 is 4.79 Å². The van der Waals surface area contributed by atoms with Gasteiger partial charge in [-0.05, 0) is 62.3 Å². The molecular weight excluding hydrogens is 436 g/mol. The zero-order chi connectivity index (χ0) is 23.6. The number of para-hydroxylation sites is 2. The summed E-state index contributed by atoms with van der Waals surface area (Å²) in [5.41, 5.74) is 2.09. The molecule has 3 heterocycles. The van der Waals surface area contributed by atoms with E-state index in [1.807, 2.05) is 18.2 Å². The van der Waals surface area contributed by atoms with E-state index in [0.717, 1.165) is 74.7 Å². The van der Waals surface area contributed by atoms with E-state index >= 15 is 0 Å². The molecule has 2 fully saturated rings. The number of fused-ring (bicyclic) bond motifs is 5. The molecule has 0 radical (unpaired) electrons. The number of imidazole rings is 1. The summed E-state index contributed by atoms with van der Waals surface area (Å²) in [6.07, 6.45) is 13.7. The van der Waals surface area contributed by atoms with Crippen molar-refractivity contribution in [3.05, 3.63) is 48.7 Å². The number of aromatic nitrogens is 3. The number of hydrogen-bond donors (Lipinski definition) is 1. The molecule has 35 heavy (non-hydrogen) atoms. The van der Waals surface area contributed by atoms with E-state index in [9.17, 15) is 4.79 Å². The highest BCUT2D eigenvalue weighted by atomic mass is 16.1. The van der Waals surface area contributed by atoms with Gasteiger partial charge in [-0.2, -0.15) is 4.98 Å². The minimum Gasteiger partial charge on any atom is -0.356 e. The molecule has 7 heteroatoms. The smallest absolute Gasteiger partial charge is 0.236 e. The number of hydrogen-bond acceptors (Lipinski definition) is 5. The van der Waals surface area contributed by atoms with Crippen molar-refractivity contribution in [1.29, 1.82) is 0 Å². The zero-order valence-electron chi connectivity index (χ0n) is 20.5. The van der Waals surface area contributed by atoms with Gasteiger partial charge in [0.05, 0.1) is 11.0 Å². The fraction of sp³-hybridized carbons (Fsp3) is 0.536. The molecule has 3 aliphatic rings. The van der Waals surface area contributed by atoms with Gasteiger partial charge in [-0.1, -0.05) is 37.1 Å². The monoisotopic (exact) mass is 472 g/mol. The van der Waals surface area contributed by atoms with Gasteiger partial charge in [0.25, 0.3) is 0 Å². The second-order valence-electron chi connectivity index (χ2n) is 10.5. The van der Waals surface area contributed by atoms with E-state index < -0.39 is 0 Å². The Morgan fingerprint density at radius 3 is 2.63 bits per heavy atom. The minimum atomic E-state index is 0.236. The molecule has 2 aromatic heterocycles. The average molecular weight is 473 g/mol. The Morgan fingerprint density at radius 2 is 1.80 bits per heavy atom. The van der Waals surface area contributed by atoms with Crippen LogP contribution >= 0.6 is 0 Å². The van der Waals surface area contributed by atoms with Crippen LogP contribution in [0.1, 0.15) is 38.5 Å². The molecule has 1 aromatic carbocycles. The third-order valence-corrected chi connectivity index (χ3v) is 8.18. The number of carbonyl (C=O) groups excluding carboxylic acids is 1. The fourth-order valence-electron chi connectivity index (χ4n) is 6.15. The van der Waals surface area contributed by atoms with E-state index in [1.54, 1.807) is 0 Å². The maximum Gasteiger partial charge on any atom is 0.236 e. The summed E-state index contributed by atoms with van der Waals surface area (Å²) in [5, 5.41) is 3.19. The van der Waals surface area contributed by atoms with Crippen molar-refractivity contribution >= 4 is 28.5 Å². The molecule has 1 saturated heterocycles. The summed E-state index contributed by atoms with van der Waals surface area (Å²) >= 11 is 0. The van der Waals surface area contributed by atoms with Gasteiger partial charge in [0.1, 0.15) is 5.82 Å². The maximum atomic E-state index is 12.4.